The molecule has 3 heteroatoms. The van der Waals surface area contributed by atoms with Crippen LogP contribution in [0.5, 0.6) is 11.5 Å². The van der Waals surface area contributed by atoms with Gasteiger partial charge >= 0.3 is 0 Å². The first-order valence-electron chi connectivity index (χ1n) is 6.83. The summed E-state index contributed by atoms with van der Waals surface area (Å²) in [5.41, 5.74) is 9.05. The molecule has 106 valence electrons. The number of aromatic nitrogens is 1. The lowest BCUT2D eigenvalue weighted by Crippen LogP contribution is -2.13. The number of nitrogens with zero attached hydrogens (tertiary/aromatic N) is 1. The maximum atomic E-state index is 6.02. The summed E-state index contributed by atoms with van der Waals surface area (Å²) in [5, 5.41) is 0. The minimum Gasteiger partial charge on any atom is -0.455 e. The van der Waals surface area contributed by atoms with E-state index in [-0.39, 0.29) is 5.41 Å². The van der Waals surface area contributed by atoms with Crippen LogP contribution in [0.15, 0.2) is 36.7 Å². The molecule has 0 bridgehead atoms. The summed E-state index contributed by atoms with van der Waals surface area (Å²) in [5.74, 6) is 1.60. The second kappa shape index (κ2) is 5.63. The fraction of sp³-hybridized carbons (Fsp3) is 0.353. The molecule has 0 aliphatic carbocycles. The molecule has 1 aromatic carbocycles. The first kappa shape index (κ1) is 14.5. The molecule has 0 aliphatic heterocycles. The van der Waals surface area contributed by atoms with E-state index in [1.165, 1.54) is 11.1 Å². The van der Waals surface area contributed by atoms with Crippen LogP contribution in [0.4, 0.5) is 0 Å². The molecule has 0 fully saturated rings. The van der Waals surface area contributed by atoms with Crippen LogP contribution in [0.25, 0.3) is 0 Å². The van der Waals surface area contributed by atoms with E-state index in [4.69, 9.17) is 10.5 Å². The number of aryl methyl sites for hydroxylation is 1. The van der Waals surface area contributed by atoms with Crippen LogP contribution < -0.4 is 10.5 Å². The number of nitrogens with two attached hydrogens (primary N) is 1. The molecule has 0 aliphatic rings. The summed E-state index contributed by atoms with van der Waals surface area (Å²) in [7, 11) is 0. The molecule has 2 aromatic rings. The first-order valence-corrected chi connectivity index (χ1v) is 6.83. The van der Waals surface area contributed by atoms with Gasteiger partial charge in [-0.05, 0) is 30.0 Å². The summed E-state index contributed by atoms with van der Waals surface area (Å²) in [6.45, 7) is 9.11. The molecule has 3 nitrogen and oxygen atoms in total. The van der Waals surface area contributed by atoms with Crippen molar-refractivity contribution in [2.45, 2.75) is 39.7 Å². The number of hydrogen-bond donors (Lipinski definition) is 1. The molecule has 1 aromatic heterocycles. The Morgan fingerprint density at radius 1 is 1.15 bits per heavy atom. The zero-order valence-corrected chi connectivity index (χ0v) is 12.6. The minimum absolute atomic E-state index is 0.0280. The van der Waals surface area contributed by atoms with Crippen molar-refractivity contribution in [1.82, 2.24) is 4.98 Å². The van der Waals surface area contributed by atoms with Crippen LogP contribution in [-0.4, -0.2) is 4.98 Å². The van der Waals surface area contributed by atoms with Crippen LogP contribution in [0, 0.1) is 6.92 Å². The Kier molecular flexibility index (Phi) is 4.09. The van der Waals surface area contributed by atoms with E-state index in [0.29, 0.717) is 6.54 Å². The standard InChI is InChI=1S/C17H22N2O/c1-12-5-6-16(15(7-12)17(2,3)4)20-14-8-13(9-18)10-19-11-14/h5-8,10-11H,9,18H2,1-4H3. The zero-order chi connectivity index (χ0) is 14.8. The highest BCUT2D eigenvalue weighted by Crippen LogP contribution is 2.34. The molecule has 0 atom stereocenters. The molecular formula is C17H22N2O. The largest absolute Gasteiger partial charge is 0.455 e. The zero-order valence-electron chi connectivity index (χ0n) is 12.6. The molecule has 0 radical (unpaired) electrons. The Bertz CT molecular complexity index is 600. The Morgan fingerprint density at radius 2 is 1.90 bits per heavy atom. The smallest absolute Gasteiger partial charge is 0.146 e. The molecular weight excluding hydrogens is 248 g/mol. The van der Waals surface area contributed by atoms with Crippen molar-refractivity contribution >= 4 is 0 Å². The predicted octanol–water partition coefficient (Wildman–Crippen LogP) is 3.94. The van der Waals surface area contributed by atoms with Crippen molar-refractivity contribution in [1.29, 1.82) is 0 Å². The van der Waals surface area contributed by atoms with Gasteiger partial charge in [-0.25, -0.2) is 0 Å². The highest BCUT2D eigenvalue weighted by Gasteiger charge is 2.19. The summed E-state index contributed by atoms with van der Waals surface area (Å²) in [6, 6.07) is 8.19. The Labute approximate surface area is 120 Å². The second-order valence-corrected chi connectivity index (χ2v) is 6.08. The average Bonchev–Trinajstić information content (AvgIpc) is 2.40. The van der Waals surface area contributed by atoms with Gasteiger partial charge in [0.2, 0.25) is 0 Å². The van der Waals surface area contributed by atoms with Gasteiger partial charge in [0.25, 0.3) is 0 Å². The lowest BCUT2D eigenvalue weighted by atomic mass is 9.85. The van der Waals surface area contributed by atoms with Crippen molar-refractivity contribution < 1.29 is 4.74 Å². The third-order valence-electron chi connectivity index (χ3n) is 3.18. The highest BCUT2D eigenvalue weighted by molar-refractivity contribution is 5.43. The molecule has 0 unspecified atom stereocenters. The van der Waals surface area contributed by atoms with Crippen LogP contribution in [0.1, 0.15) is 37.5 Å². The van der Waals surface area contributed by atoms with Gasteiger partial charge in [0, 0.05) is 18.3 Å². The molecule has 0 saturated carbocycles. The van der Waals surface area contributed by atoms with E-state index in [1.54, 1.807) is 12.4 Å². The molecule has 2 rings (SSSR count). The quantitative estimate of drug-likeness (QED) is 0.919. The summed E-state index contributed by atoms with van der Waals surface area (Å²) < 4.78 is 6.02. The van der Waals surface area contributed by atoms with Crippen LogP contribution in [0.3, 0.4) is 0 Å². The van der Waals surface area contributed by atoms with Crippen molar-refractivity contribution in [3.63, 3.8) is 0 Å². The normalized spacial score (nSPS) is 11.4. The van der Waals surface area contributed by atoms with E-state index >= 15 is 0 Å². The van der Waals surface area contributed by atoms with Gasteiger partial charge in [-0.2, -0.15) is 0 Å². The topological polar surface area (TPSA) is 48.1 Å². The minimum atomic E-state index is 0.0280. The van der Waals surface area contributed by atoms with Gasteiger partial charge in [-0.15, -0.1) is 0 Å². The second-order valence-electron chi connectivity index (χ2n) is 6.08. The Hall–Kier alpha value is -1.87. The highest BCUT2D eigenvalue weighted by atomic mass is 16.5. The third kappa shape index (κ3) is 3.36. The third-order valence-corrected chi connectivity index (χ3v) is 3.18. The van der Waals surface area contributed by atoms with Gasteiger partial charge < -0.3 is 10.5 Å². The molecule has 1 heterocycles. The Morgan fingerprint density at radius 3 is 2.55 bits per heavy atom. The molecule has 0 amide bonds. The molecule has 0 spiro atoms. The summed E-state index contributed by atoms with van der Waals surface area (Å²) in [6.07, 6.45) is 3.47. The number of hydrogen-bond acceptors (Lipinski definition) is 3. The number of ether oxygens (including phenoxy) is 1. The summed E-state index contributed by atoms with van der Waals surface area (Å²) in [4.78, 5) is 4.16. The number of pyridine rings is 1. The van der Waals surface area contributed by atoms with Crippen LogP contribution in [0.2, 0.25) is 0 Å². The monoisotopic (exact) mass is 270 g/mol. The number of rotatable bonds is 3. The van der Waals surface area contributed by atoms with Crippen LogP contribution in [-0.2, 0) is 12.0 Å². The van der Waals surface area contributed by atoms with E-state index in [1.807, 2.05) is 12.1 Å². The van der Waals surface area contributed by atoms with Crippen molar-refractivity contribution in [3.8, 4) is 11.5 Å². The fourth-order valence-corrected chi connectivity index (χ4v) is 2.08. The molecule has 2 N–H and O–H groups in total. The summed E-state index contributed by atoms with van der Waals surface area (Å²) >= 11 is 0. The maximum absolute atomic E-state index is 6.02. The first-order chi connectivity index (χ1) is 9.40. The molecule has 0 saturated heterocycles. The Balaban J connectivity index is 2.38. The van der Waals surface area contributed by atoms with E-state index in [0.717, 1.165) is 17.1 Å². The lowest BCUT2D eigenvalue weighted by molar-refractivity contribution is 0.452. The predicted molar refractivity (Wildman–Crippen MR) is 82.1 cm³/mol. The average molecular weight is 270 g/mol. The fourth-order valence-electron chi connectivity index (χ4n) is 2.08. The van der Waals surface area contributed by atoms with Gasteiger partial charge in [0.05, 0.1) is 6.20 Å². The SMILES string of the molecule is Cc1ccc(Oc2cncc(CN)c2)c(C(C)(C)C)c1. The van der Waals surface area contributed by atoms with E-state index < -0.39 is 0 Å². The van der Waals surface area contributed by atoms with Crippen molar-refractivity contribution in [2.75, 3.05) is 0 Å². The number of benzene rings is 1. The van der Waals surface area contributed by atoms with Gasteiger partial charge in [-0.1, -0.05) is 38.5 Å². The lowest BCUT2D eigenvalue weighted by Gasteiger charge is -2.23. The van der Waals surface area contributed by atoms with E-state index in [2.05, 4.69) is 44.8 Å². The van der Waals surface area contributed by atoms with Gasteiger partial charge in [0.1, 0.15) is 11.5 Å². The van der Waals surface area contributed by atoms with Gasteiger partial charge in [0.15, 0.2) is 0 Å². The van der Waals surface area contributed by atoms with Crippen molar-refractivity contribution in [2.24, 2.45) is 5.73 Å². The van der Waals surface area contributed by atoms with Crippen molar-refractivity contribution in [3.05, 3.63) is 53.3 Å². The van der Waals surface area contributed by atoms with E-state index in [9.17, 15) is 0 Å². The maximum Gasteiger partial charge on any atom is 0.146 e. The molecule has 20 heavy (non-hydrogen) atoms. The van der Waals surface area contributed by atoms with Crippen LogP contribution >= 0.6 is 0 Å². The van der Waals surface area contributed by atoms with Gasteiger partial charge in [-0.3, -0.25) is 4.98 Å².